The van der Waals surface area contributed by atoms with Gasteiger partial charge in [-0.05, 0) is 36.2 Å². The van der Waals surface area contributed by atoms with Crippen LogP contribution in [0.15, 0.2) is 42.6 Å². The fourth-order valence-electron chi connectivity index (χ4n) is 2.10. The summed E-state index contributed by atoms with van der Waals surface area (Å²) >= 11 is 0. The summed E-state index contributed by atoms with van der Waals surface area (Å²) in [5.41, 5.74) is 2.24. The predicted molar refractivity (Wildman–Crippen MR) is 87.6 cm³/mol. The van der Waals surface area contributed by atoms with Crippen LogP contribution in [0.4, 0.5) is 5.69 Å². The molecule has 0 aliphatic heterocycles. The second kappa shape index (κ2) is 7.93. The van der Waals surface area contributed by atoms with Crippen molar-refractivity contribution in [2.75, 3.05) is 19.0 Å². The molecule has 120 valence electrons. The van der Waals surface area contributed by atoms with E-state index in [1.165, 1.54) is 14.0 Å². The Morgan fingerprint density at radius 3 is 2.57 bits per heavy atom. The van der Waals surface area contributed by atoms with Gasteiger partial charge >= 0.3 is 0 Å². The molecule has 0 atom stereocenters. The van der Waals surface area contributed by atoms with E-state index in [4.69, 9.17) is 4.74 Å². The van der Waals surface area contributed by atoms with Gasteiger partial charge in [0.15, 0.2) is 0 Å². The van der Waals surface area contributed by atoms with Gasteiger partial charge in [0.1, 0.15) is 5.56 Å². The number of nitrogens with one attached hydrogen (secondary N) is 2. The van der Waals surface area contributed by atoms with Crippen LogP contribution in [0.5, 0.6) is 5.88 Å². The summed E-state index contributed by atoms with van der Waals surface area (Å²) in [4.78, 5) is 27.1. The number of hydrogen-bond acceptors (Lipinski definition) is 4. The van der Waals surface area contributed by atoms with Gasteiger partial charge in [0.25, 0.3) is 5.91 Å². The Kier molecular flexibility index (Phi) is 5.68. The third kappa shape index (κ3) is 4.81. The Labute approximate surface area is 134 Å². The zero-order chi connectivity index (χ0) is 16.7. The summed E-state index contributed by atoms with van der Waals surface area (Å²) < 4.78 is 5.07. The molecule has 23 heavy (non-hydrogen) atoms. The monoisotopic (exact) mass is 313 g/mol. The van der Waals surface area contributed by atoms with Crippen molar-refractivity contribution in [2.24, 2.45) is 0 Å². The van der Waals surface area contributed by atoms with Gasteiger partial charge < -0.3 is 15.4 Å². The lowest BCUT2D eigenvalue weighted by atomic mass is 10.1. The summed E-state index contributed by atoms with van der Waals surface area (Å²) in [7, 11) is 1.48. The molecule has 6 heteroatoms. The molecule has 6 nitrogen and oxygen atoms in total. The van der Waals surface area contributed by atoms with Gasteiger partial charge in [0, 0.05) is 25.4 Å². The van der Waals surface area contributed by atoms with Crippen molar-refractivity contribution in [3.63, 3.8) is 0 Å². The molecule has 1 aromatic carbocycles. The van der Waals surface area contributed by atoms with Crippen molar-refractivity contribution in [3.05, 3.63) is 53.7 Å². The molecule has 0 unspecified atom stereocenters. The van der Waals surface area contributed by atoms with E-state index in [0.717, 1.165) is 11.3 Å². The van der Waals surface area contributed by atoms with E-state index in [-0.39, 0.29) is 11.8 Å². The van der Waals surface area contributed by atoms with Crippen molar-refractivity contribution in [1.82, 2.24) is 10.3 Å². The van der Waals surface area contributed by atoms with Crippen LogP contribution in [0.2, 0.25) is 0 Å². The standard InChI is InChI=1S/C17H19N3O3/c1-12(21)20-14-7-5-13(6-8-14)9-11-18-16(22)15-4-3-10-19-17(15)23-2/h3-8,10H,9,11H2,1-2H3,(H,18,22)(H,20,21). The number of ether oxygens (including phenoxy) is 1. The molecule has 1 aromatic heterocycles. The maximum atomic E-state index is 12.1. The maximum absolute atomic E-state index is 12.1. The van der Waals surface area contributed by atoms with Crippen molar-refractivity contribution < 1.29 is 14.3 Å². The maximum Gasteiger partial charge on any atom is 0.256 e. The highest BCUT2D eigenvalue weighted by Gasteiger charge is 2.11. The molecule has 2 aromatic rings. The highest BCUT2D eigenvalue weighted by atomic mass is 16.5. The van der Waals surface area contributed by atoms with Crippen LogP contribution < -0.4 is 15.4 Å². The molecule has 0 saturated carbocycles. The molecule has 2 rings (SSSR count). The lowest BCUT2D eigenvalue weighted by Gasteiger charge is -2.08. The fourth-order valence-corrected chi connectivity index (χ4v) is 2.10. The van der Waals surface area contributed by atoms with Gasteiger partial charge in [-0.3, -0.25) is 9.59 Å². The summed E-state index contributed by atoms with van der Waals surface area (Å²) in [5.74, 6) is -0.00934. The molecule has 0 aliphatic rings. The largest absolute Gasteiger partial charge is 0.480 e. The first-order valence-corrected chi connectivity index (χ1v) is 7.24. The Morgan fingerprint density at radius 2 is 1.91 bits per heavy atom. The van der Waals surface area contributed by atoms with Gasteiger partial charge in [-0.25, -0.2) is 4.98 Å². The second-order valence-electron chi connectivity index (χ2n) is 4.94. The van der Waals surface area contributed by atoms with Crippen LogP contribution in [-0.2, 0) is 11.2 Å². The molecule has 0 spiro atoms. The zero-order valence-corrected chi connectivity index (χ0v) is 13.1. The smallest absolute Gasteiger partial charge is 0.256 e. The molecule has 0 bridgehead atoms. The van der Waals surface area contributed by atoms with Gasteiger partial charge in [-0.1, -0.05) is 12.1 Å². The molecular weight excluding hydrogens is 294 g/mol. The lowest BCUT2D eigenvalue weighted by Crippen LogP contribution is -2.26. The first-order chi connectivity index (χ1) is 11.1. The quantitative estimate of drug-likeness (QED) is 0.855. The van der Waals surface area contributed by atoms with E-state index in [2.05, 4.69) is 15.6 Å². The number of anilines is 1. The number of carbonyl (C=O) groups is 2. The number of amides is 2. The van der Waals surface area contributed by atoms with Crippen molar-refractivity contribution in [1.29, 1.82) is 0 Å². The van der Waals surface area contributed by atoms with Crippen LogP contribution in [0, 0.1) is 0 Å². The molecule has 0 fully saturated rings. The zero-order valence-electron chi connectivity index (χ0n) is 13.1. The predicted octanol–water partition coefficient (Wildman–Crippen LogP) is 2.02. The molecule has 0 aliphatic carbocycles. The molecule has 0 saturated heterocycles. The molecule has 2 amide bonds. The number of methoxy groups -OCH3 is 1. The Bertz CT molecular complexity index is 684. The van der Waals surface area contributed by atoms with Crippen molar-refractivity contribution >= 4 is 17.5 Å². The first-order valence-electron chi connectivity index (χ1n) is 7.24. The molecular formula is C17H19N3O3. The average molecular weight is 313 g/mol. The van der Waals surface area contributed by atoms with E-state index in [1.54, 1.807) is 18.3 Å². The van der Waals surface area contributed by atoms with Gasteiger partial charge in [0.2, 0.25) is 11.8 Å². The molecule has 0 radical (unpaired) electrons. The summed E-state index contributed by atoms with van der Waals surface area (Å²) in [6.45, 7) is 1.96. The number of rotatable bonds is 6. The van der Waals surface area contributed by atoms with Crippen LogP contribution >= 0.6 is 0 Å². The van der Waals surface area contributed by atoms with Crippen LogP contribution in [-0.4, -0.2) is 30.5 Å². The van der Waals surface area contributed by atoms with E-state index in [9.17, 15) is 9.59 Å². The number of carbonyl (C=O) groups excluding carboxylic acids is 2. The number of pyridine rings is 1. The van der Waals surface area contributed by atoms with Crippen LogP contribution in [0.25, 0.3) is 0 Å². The minimum atomic E-state index is -0.218. The molecule has 2 N–H and O–H groups in total. The highest BCUT2D eigenvalue weighted by molar-refractivity contribution is 5.96. The normalized spacial score (nSPS) is 10.0. The number of hydrogen-bond donors (Lipinski definition) is 2. The van der Waals surface area contributed by atoms with E-state index in [1.807, 2.05) is 24.3 Å². The van der Waals surface area contributed by atoms with Gasteiger partial charge in [-0.15, -0.1) is 0 Å². The lowest BCUT2D eigenvalue weighted by molar-refractivity contribution is -0.114. The highest BCUT2D eigenvalue weighted by Crippen LogP contribution is 2.13. The molecule has 1 heterocycles. The number of nitrogens with zero attached hydrogens (tertiary/aromatic N) is 1. The summed E-state index contributed by atoms with van der Waals surface area (Å²) in [6.07, 6.45) is 2.26. The third-order valence-corrected chi connectivity index (χ3v) is 3.18. The summed E-state index contributed by atoms with van der Waals surface area (Å²) in [6, 6.07) is 10.9. The summed E-state index contributed by atoms with van der Waals surface area (Å²) in [5, 5.41) is 5.55. The van der Waals surface area contributed by atoms with Gasteiger partial charge in [-0.2, -0.15) is 0 Å². The number of benzene rings is 1. The average Bonchev–Trinajstić information content (AvgIpc) is 2.55. The minimum Gasteiger partial charge on any atom is -0.480 e. The van der Waals surface area contributed by atoms with Crippen LogP contribution in [0.1, 0.15) is 22.8 Å². The second-order valence-corrected chi connectivity index (χ2v) is 4.94. The Morgan fingerprint density at radius 1 is 1.17 bits per heavy atom. The first kappa shape index (κ1) is 16.5. The van der Waals surface area contributed by atoms with Crippen molar-refractivity contribution in [2.45, 2.75) is 13.3 Å². The minimum absolute atomic E-state index is 0.101. The van der Waals surface area contributed by atoms with Crippen molar-refractivity contribution in [3.8, 4) is 5.88 Å². The Balaban J connectivity index is 1.87. The Hall–Kier alpha value is -2.89. The van der Waals surface area contributed by atoms with E-state index < -0.39 is 0 Å². The third-order valence-electron chi connectivity index (χ3n) is 3.18. The van der Waals surface area contributed by atoms with E-state index >= 15 is 0 Å². The number of aromatic nitrogens is 1. The van der Waals surface area contributed by atoms with E-state index in [0.29, 0.717) is 24.4 Å². The topological polar surface area (TPSA) is 80.3 Å². The van der Waals surface area contributed by atoms with Crippen LogP contribution in [0.3, 0.4) is 0 Å². The SMILES string of the molecule is COc1ncccc1C(=O)NCCc1ccc(NC(C)=O)cc1. The fraction of sp³-hybridized carbons (Fsp3) is 0.235. The van der Waals surface area contributed by atoms with Gasteiger partial charge in [0.05, 0.1) is 7.11 Å².